The number of anilines is 1. The summed E-state index contributed by atoms with van der Waals surface area (Å²) in [4.78, 5) is 22.0. The predicted molar refractivity (Wildman–Crippen MR) is 141 cm³/mol. The standard InChI is InChI=1S/C23H30Cl2N6O.C2H6/c1-16(2)31-7-6-28(3)21(15-31)23(32)30-10-8-29(9-11-30)22-5-4-20(26-27-22)17-12-18(24)14-19(25)13-17;1-2/h4-5,12-14,16,21H,6-11,15H2,1-3H3;1-2H3. The summed E-state index contributed by atoms with van der Waals surface area (Å²) in [5, 5.41) is 9.92. The maximum absolute atomic E-state index is 13.2. The van der Waals surface area contributed by atoms with Gasteiger partial charge in [-0.05, 0) is 51.2 Å². The minimum absolute atomic E-state index is 0.0682. The first-order chi connectivity index (χ1) is 16.3. The second kappa shape index (κ2) is 12.2. The molecule has 0 spiro atoms. The second-order valence-corrected chi connectivity index (χ2v) is 9.71. The highest BCUT2D eigenvalue weighted by Crippen LogP contribution is 2.26. The molecule has 2 fully saturated rings. The van der Waals surface area contributed by atoms with Crippen molar-refractivity contribution in [3.63, 3.8) is 0 Å². The van der Waals surface area contributed by atoms with Crippen molar-refractivity contribution in [3.8, 4) is 11.3 Å². The van der Waals surface area contributed by atoms with E-state index in [2.05, 4.69) is 45.8 Å². The van der Waals surface area contributed by atoms with Crippen molar-refractivity contribution in [2.75, 3.05) is 57.8 Å². The predicted octanol–water partition coefficient (Wildman–Crippen LogP) is 4.15. The second-order valence-electron chi connectivity index (χ2n) is 8.83. The molecule has 1 amide bonds. The van der Waals surface area contributed by atoms with Gasteiger partial charge in [0.25, 0.3) is 0 Å². The first-order valence-corrected chi connectivity index (χ1v) is 12.9. The SMILES string of the molecule is CC.CC(C)N1CCN(C)C(C(=O)N2CCN(c3ccc(-c4cc(Cl)cc(Cl)c4)nn3)CC2)C1. The van der Waals surface area contributed by atoms with Gasteiger partial charge in [0.15, 0.2) is 5.82 Å². The van der Waals surface area contributed by atoms with E-state index in [4.69, 9.17) is 23.2 Å². The molecule has 0 aliphatic carbocycles. The topological polar surface area (TPSA) is 55.8 Å². The van der Waals surface area contributed by atoms with Crippen LogP contribution >= 0.6 is 23.2 Å². The molecule has 1 atom stereocenters. The van der Waals surface area contributed by atoms with Crippen LogP contribution in [0.5, 0.6) is 0 Å². The summed E-state index contributed by atoms with van der Waals surface area (Å²) < 4.78 is 0. The Morgan fingerprint density at radius 1 is 0.941 bits per heavy atom. The van der Waals surface area contributed by atoms with Crippen LogP contribution in [0, 0.1) is 0 Å². The van der Waals surface area contributed by atoms with E-state index in [9.17, 15) is 4.79 Å². The van der Waals surface area contributed by atoms with Gasteiger partial charge < -0.3 is 9.80 Å². The molecule has 1 unspecified atom stereocenters. The van der Waals surface area contributed by atoms with Crippen LogP contribution in [-0.4, -0.2) is 95.7 Å². The van der Waals surface area contributed by atoms with Crippen LogP contribution in [0.2, 0.25) is 10.0 Å². The monoisotopic (exact) mass is 506 g/mol. The molecule has 0 N–H and O–H groups in total. The van der Waals surface area contributed by atoms with Gasteiger partial charge in [0, 0.05) is 67.5 Å². The fourth-order valence-corrected chi connectivity index (χ4v) is 4.87. The van der Waals surface area contributed by atoms with E-state index in [1.165, 1.54) is 0 Å². The highest BCUT2D eigenvalue weighted by Gasteiger charge is 2.35. The Morgan fingerprint density at radius 2 is 1.59 bits per heavy atom. The number of nitrogens with zero attached hydrogens (tertiary/aromatic N) is 6. The number of likely N-dealkylation sites (N-methyl/N-ethyl adjacent to an activating group) is 1. The first kappa shape index (κ1) is 26.7. The van der Waals surface area contributed by atoms with Gasteiger partial charge in [0.05, 0.1) is 5.69 Å². The summed E-state index contributed by atoms with van der Waals surface area (Å²) >= 11 is 12.2. The van der Waals surface area contributed by atoms with Crippen LogP contribution in [-0.2, 0) is 4.79 Å². The molecule has 1 aromatic carbocycles. The third-order valence-electron chi connectivity index (χ3n) is 6.42. The Balaban J connectivity index is 0.00000158. The largest absolute Gasteiger partial charge is 0.352 e. The maximum atomic E-state index is 13.2. The lowest BCUT2D eigenvalue weighted by atomic mass is 10.1. The summed E-state index contributed by atoms with van der Waals surface area (Å²) in [6.07, 6.45) is 0. The number of carbonyl (C=O) groups excluding carboxylic acids is 1. The molecule has 4 rings (SSSR count). The van der Waals surface area contributed by atoms with E-state index in [0.29, 0.717) is 29.2 Å². The fourth-order valence-electron chi connectivity index (χ4n) is 4.35. The van der Waals surface area contributed by atoms with Gasteiger partial charge in [-0.25, -0.2) is 0 Å². The molecule has 9 heteroatoms. The summed E-state index contributed by atoms with van der Waals surface area (Å²) in [6.45, 7) is 14.0. The van der Waals surface area contributed by atoms with E-state index in [1.54, 1.807) is 6.07 Å². The van der Waals surface area contributed by atoms with Crippen molar-refractivity contribution in [2.24, 2.45) is 0 Å². The van der Waals surface area contributed by atoms with Crippen LogP contribution in [0.25, 0.3) is 11.3 Å². The average Bonchev–Trinajstić information content (AvgIpc) is 2.84. The highest BCUT2D eigenvalue weighted by molar-refractivity contribution is 6.35. The highest BCUT2D eigenvalue weighted by atomic mass is 35.5. The summed E-state index contributed by atoms with van der Waals surface area (Å²) in [5.74, 6) is 1.05. The Hall–Kier alpha value is -1.93. The minimum atomic E-state index is -0.0682. The number of amides is 1. The quantitative estimate of drug-likeness (QED) is 0.620. The van der Waals surface area contributed by atoms with Crippen LogP contribution in [0.4, 0.5) is 5.82 Å². The molecular formula is C25H36Cl2N6O. The van der Waals surface area contributed by atoms with Crippen LogP contribution in [0.15, 0.2) is 30.3 Å². The molecule has 34 heavy (non-hydrogen) atoms. The number of benzene rings is 1. The number of hydrogen-bond acceptors (Lipinski definition) is 6. The normalized spacial score (nSPS) is 19.7. The Morgan fingerprint density at radius 3 is 2.15 bits per heavy atom. The molecule has 1 aromatic heterocycles. The summed E-state index contributed by atoms with van der Waals surface area (Å²) in [5.41, 5.74) is 1.56. The lowest BCUT2D eigenvalue weighted by Gasteiger charge is -2.43. The van der Waals surface area contributed by atoms with Gasteiger partial charge in [-0.1, -0.05) is 37.0 Å². The number of rotatable bonds is 4. The molecule has 7 nitrogen and oxygen atoms in total. The van der Waals surface area contributed by atoms with Gasteiger partial charge in [-0.3, -0.25) is 14.6 Å². The number of carbonyl (C=O) groups is 1. The first-order valence-electron chi connectivity index (χ1n) is 12.1. The molecule has 0 radical (unpaired) electrons. The smallest absolute Gasteiger partial charge is 0.241 e. The van der Waals surface area contributed by atoms with E-state index < -0.39 is 0 Å². The third-order valence-corrected chi connectivity index (χ3v) is 6.86. The molecule has 2 saturated heterocycles. The van der Waals surface area contributed by atoms with Gasteiger partial charge in [0.1, 0.15) is 6.04 Å². The van der Waals surface area contributed by atoms with E-state index in [1.807, 2.05) is 43.0 Å². The Kier molecular flexibility index (Phi) is 9.54. The summed E-state index contributed by atoms with van der Waals surface area (Å²) in [7, 11) is 2.06. The molecule has 186 valence electrons. The van der Waals surface area contributed by atoms with Crippen molar-refractivity contribution in [3.05, 3.63) is 40.4 Å². The van der Waals surface area contributed by atoms with Crippen molar-refractivity contribution in [1.29, 1.82) is 0 Å². The van der Waals surface area contributed by atoms with Gasteiger partial charge in [-0.2, -0.15) is 0 Å². The number of hydrogen-bond donors (Lipinski definition) is 0. The fraction of sp³-hybridized carbons (Fsp3) is 0.560. The van der Waals surface area contributed by atoms with Crippen molar-refractivity contribution in [2.45, 2.75) is 39.8 Å². The lowest BCUT2D eigenvalue weighted by molar-refractivity contribution is -0.139. The molecule has 2 aliphatic rings. The summed E-state index contributed by atoms with van der Waals surface area (Å²) in [6, 6.07) is 9.62. The van der Waals surface area contributed by atoms with Crippen molar-refractivity contribution < 1.29 is 4.79 Å². The Labute approximate surface area is 213 Å². The van der Waals surface area contributed by atoms with Crippen LogP contribution in [0.3, 0.4) is 0 Å². The molecule has 2 aromatic rings. The number of piperazine rings is 2. The zero-order valence-electron chi connectivity index (χ0n) is 20.8. The van der Waals surface area contributed by atoms with Crippen molar-refractivity contribution >= 4 is 34.9 Å². The number of halogens is 2. The van der Waals surface area contributed by atoms with Gasteiger partial charge in [-0.15, -0.1) is 10.2 Å². The maximum Gasteiger partial charge on any atom is 0.241 e. The molecule has 3 heterocycles. The minimum Gasteiger partial charge on any atom is -0.352 e. The third kappa shape index (κ3) is 6.39. The van der Waals surface area contributed by atoms with E-state index in [-0.39, 0.29) is 11.9 Å². The van der Waals surface area contributed by atoms with Crippen LogP contribution < -0.4 is 4.90 Å². The zero-order valence-corrected chi connectivity index (χ0v) is 22.4. The lowest BCUT2D eigenvalue weighted by Crippen LogP contribution is -2.61. The molecular weight excluding hydrogens is 471 g/mol. The molecule has 2 aliphatic heterocycles. The van der Waals surface area contributed by atoms with Crippen molar-refractivity contribution in [1.82, 2.24) is 24.9 Å². The average molecular weight is 508 g/mol. The number of aromatic nitrogens is 2. The van der Waals surface area contributed by atoms with Gasteiger partial charge in [0.2, 0.25) is 5.91 Å². The van der Waals surface area contributed by atoms with Crippen LogP contribution in [0.1, 0.15) is 27.7 Å². The van der Waals surface area contributed by atoms with E-state index >= 15 is 0 Å². The molecule has 0 bridgehead atoms. The van der Waals surface area contributed by atoms with Gasteiger partial charge >= 0.3 is 0 Å². The zero-order chi connectivity index (χ0) is 24.8. The Bertz CT molecular complexity index is 927. The van der Waals surface area contributed by atoms with E-state index in [0.717, 1.165) is 49.8 Å². The molecule has 0 saturated carbocycles.